The van der Waals surface area contributed by atoms with Gasteiger partial charge < -0.3 is 19.9 Å². The van der Waals surface area contributed by atoms with Crippen molar-refractivity contribution in [2.75, 3.05) is 30.8 Å². The van der Waals surface area contributed by atoms with Gasteiger partial charge in [0.1, 0.15) is 6.07 Å². The normalized spacial score (nSPS) is 14.6. The molecule has 3 heterocycles. The van der Waals surface area contributed by atoms with Crippen LogP contribution in [0.3, 0.4) is 0 Å². The van der Waals surface area contributed by atoms with E-state index in [0.29, 0.717) is 16.7 Å². The molecular weight excluding hydrogens is 360 g/mol. The molecule has 2 N–H and O–H groups in total. The number of nitrogens with two attached hydrogens (primary N) is 1. The Bertz CT molecular complexity index is 1070. The number of aromatic nitrogens is 3. The summed E-state index contributed by atoms with van der Waals surface area (Å²) >= 11 is 0. The fraction of sp³-hybridized carbons (Fsp3) is 0.368. The van der Waals surface area contributed by atoms with E-state index in [1.807, 2.05) is 18.2 Å². The van der Waals surface area contributed by atoms with E-state index in [0.717, 1.165) is 31.6 Å². The van der Waals surface area contributed by atoms with Crippen LogP contribution in [0.4, 0.5) is 11.4 Å². The molecule has 9 heteroatoms. The van der Waals surface area contributed by atoms with Crippen molar-refractivity contribution in [2.45, 2.75) is 25.7 Å². The van der Waals surface area contributed by atoms with Gasteiger partial charge in [-0.1, -0.05) is 12.8 Å². The summed E-state index contributed by atoms with van der Waals surface area (Å²) < 4.78 is 11.4. The van der Waals surface area contributed by atoms with Gasteiger partial charge in [0.05, 0.1) is 29.7 Å². The number of rotatable bonds is 3. The third-order valence-electron chi connectivity index (χ3n) is 5.12. The van der Waals surface area contributed by atoms with Crippen LogP contribution in [-0.2, 0) is 4.74 Å². The first-order valence-electron chi connectivity index (χ1n) is 9.15. The Morgan fingerprint density at radius 1 is 1.18 bits per heavy atom. The molecule has 0 radical (unpaired) electrons. The Balaban J connectivity index is 1.88. The maximum atomic E-state index is 12.3. The topological polar surface area (TPSA) is 123 Å². The average molecular weight is 380 g/mol. The van der Waals surface area contributed by atoms with Crippen LogP contribution in [0.25, 0.3) is 16.7 Å². The van der Waals surface area contributed by atoms with Gasteiger partial charge in [0.15, 0.2) is 16.7 Å². The SMILES string of the molecule is COC(=O)c1c(N)c(C#N)cn1-c1ccc(N2CCCCCC2)c2nonc12. The van der Waals surface area contributed by atoms with Crippen molar-refractivity contribution in [2.24, 2.45) is 0 Å². The third-order valence-corrected chi connectivity index (χ3v) is 5.12. The van der Waals surface area contributed by atoms with Gasteiger partial charge in [-0.15, -0.1) is 0 Å². The Morgan fingerprint density at radius 3 is 2.46 bits per heavy atom. The fourth-order valence-electron chi connectivity index (χ4n) is 3.71. The highest BCUT2D eigenvalue weighted by Crippen LogP contribution is 2.33. The van der Waals surface area contributed by atoms with Crippen LogP contribution in [0.5, 0.6) is 0 Å². The first-order chi connectivity index (χ1) is 13.7. The number of anilines is 2. The molecular formula is C19H20N6O3. The van der Waals surface area contributed by atoms with Crippen LogP contribution in [0.2, 0.25) is 0 Å². The largest absolute Gasteiger partial charge is 0.464 e. The van der Waals surface area contributed by atoms with E-state index >= 15 is 0 Å². The Labute approximate surface area is 161 Å². The number of esters is 1. The molecule has 0 spiro atoms. The number of benzene rings is 1. The molecule has 4 rings (SSSR count). The molecule has 0 atom stereocenters. The predicted molar refractivity (Wildman–Crippen MR) is 102 cm³/mol. The van der Waals surface area contributed by atoms with E-state index in [1.54, 1.807) is 0 Å². The molecule has 144 valence electrons. The summed E-state index contributed by atoms with van der Waals surface area (Å²) in [7, 11) is 1.26. The highest BCUT2D eigenvalue weighted by atomic mass is 16.6. The number of nitrogens with zero attached hydrogens (tertiary/aromatic N) is 5. The van der Waals surface area contributed by atoms with Crippen molar-refractivity contribution in [1.82, 2.24) is 14.9 Å². The van der Waals surface area contributed by atoms with E-state index in [2.05, 4.69) is 15.2 Å². The van der Waals surface area contributed by atoms with Crippen molar-refractivity contribution in [1.29, 1.82) is 5.26 Å². The summed E-state index contributed by atoms with van der Waals surface area (Å²) in [6, 6.07) is 5.77. The van der Waals surface area contributed by atoms with Gasteiger partial charge >= 0.3 is 5.97 Å². The second-order valence-corrected chi connectivity index (χ2v) is 6.74. The van der Waals surface area contributed by atoms with E-state index in [9.17, 15) is 10.1 Å². The summed E-state index contributed by atoms with van der Waals surface area (Å²) in [4.78, 5) is 14.6. The number of methoxy groups -OCH3 is 1. The molecule has 28 heavy (non-hydrogen) atoms. The molecule has 1 aliphatic rings. The number of carbonyl (C=O) groups excluding carboxylic acids is 1. The van der Waals surface area contributed by atoms with Crippen LogP contribution in [0, 0.1) is 11.3 Å². The zero-order chi connectivity index (χ0) is 19.7. The van der Waals surface area contributed by atoms with Gasteiger partial charge in [0.25, 0.3) is 0 Å². The van der Waals surface area contributed by atoms with Crippen LogP contribution in [-0.4, -0.2) is 41.0 Å². The number of ether oxygens (including phenoxy) is 1. The second-order valence-electron chi connectivity index (χ2n) is 6.74. The number of hydrogen-bond donors (Lipinski definition) is 1. The smallest absolute Gasteiger partial charge is 0.357 e. The number of nitrogen functional groups attached to an aromatic ring is 1. The first-order valence-corrected chi connectivity index (χ1v) is 9.15. The molecule has 9 nitrogen and oxygen atoms in total. The van der Waals surface area contributed by atoms with Crippen LogP contribution >= 0.6 is 0 Å². The van der Waals surface area contributed by atoms with Gasteiger partial charge in [-0.2, -0.15) is 5.26 Å². The first kappa shape index (κ1) is 17.9. The van der Waals surface area contributed by atoms with Crippen molar-refractivity contribution in [3.8, 4) is 11.8 Å². The van der Waals surface area contributed by atoms with E-state index in [-0.39, 0.29) is 16.9 Å². The van der Waals surface area contributed by atoms with E-state index < -0.39 is 5.97 Å². The lowest BCUT2D eigenvalue weighted by Gasteiger charge is -2.23. The summed E-state index contributed by atoms with van der Waals surface area (Å²) in [5.41, 5.74) is 8.92. The Hall–Kier alpha value is -3.54. The van der Waals surface area contributed by atoms with Gasteiger partial charge in [0.2, 0.25) is 0 Å². The number of fused-ring (bicyclic) bond motifs is 1. The molecule has 0 aliphatic carbocycles. The quantitative estimate of drug-likeness (QED) is 0.688. The number of nitriles is 1. The van der Waals surface area contributed by atoms with E-state index in [4.69, 9.17) is 15.1 Å². The molecule has 3 aromatic rings. The zero-order valence-electron chi connectivity index (χ0n) is 15.5. The lowest BCUT2D eigenvalue weighted by atomic mass is 10.2. The summed E-state index contributed by atoms with van der Waals surface area (Å²) in [5.74, 6) is -0.639. The molecule has 2 aromatic heterocycles. The molecule has 1 aromatic carbocycles. The lowest BCUT2D eigenvalue weighted by Crippen LogP contribution is -2.24. The van der Waals surface area contributed by atoms with E-state index in [1.165, 1.54) is 30.7 Å². The maximum Gasteiger partial charge on any atom is 0.357 e. The molecule has 0 unspecified atom stereocenters. The maximum absolute atomic E-state index is 12.3. The monoisotopic (exact) mass is 380 g/mol. The minimum Gasteiger partial charge on any atom is -0.464 e. The van der Waals surface area contributed by atoms with Gasteiger partial charge in [-0.25, -0.2) is 9.42 Å². The number of carbonyl (C=O) groups is 1. The molecule has 0 amide bonds. The number of hydrogen-bond acceptors (Lipinski definition) is 8. The standard InChI is InChI=1S/C19H20N6O3/c1-27-19(26)18-15(21)12(10-20)11-25(18)14-7-6-13(16-17(14)23-28-22-16)24-8-4-2-3-5-9-24/h6-7,11H,2-5,8-9,21H2,1H3. The summed E-state index contributed by atoms with van der Waals surface area (Å²) in [6.07, 6.45) is 6.19. The summed E-state index contributed by atoms with van der Waals surface area (Å²) in [6.45, 7) is 1.90. The Kier molecular flexibility index (Phi) is 4.61. The zero-order valence-corrected chi connectivity index (χ0v) is 15.5. The van der Waals surface area contributed by atoms with Crippen molar-refractivity contribution < 1.29 is 14.2 Å². The minimum absolute atomic E-state index is 0.0653. The highest BCUT2D eigenvalue weighted by Gasteiger charge is 2.25. The lowest BCUT2D eigenvalue weighted by molar-refractivity contribution is 0.0593. The predicted octanol–water partition coefficient (Wildman–Crippen LogP) is 2.63. The average Bonchev–Trinajstić information content (AvgIpc) is 3.22. The molecule has 0 bridgehead atoms. The van der Waals surface area contributed by atoms with Gasteiger partial charge in [-0.05, 0) is 35.3 Å². The molecule has 1 saturated heterocycles. The third kappa shape index (κ3) is 2.83. The molecule has 1 aliphatic heterocycles. The summed E-state index contributed by atoms with van der Waals surface area (Å²) in [5, 5.41) is 17.5. The van der Waals surface area contributed by atoms with Crippen LogP contribution in [0.1, 0.15) is 41.7 Å². The molecule has 1 fully saturated rings. The second kappa shape index (κ2) is 7.23. The van der Waals surface area contributed by atoms with Crippen molar-refractivity contribution in [3.63, 3.8) is 0 Å². The van der Waals surface area contributed by atoms with Crippen molar-refractivity contribution >= 4 is 28.4 Å². The van der Waals surface area contributed by atoms with Gasteiger partial charge in [-0.3, -0.25) is 0 Å². The fourth-order valence-corrected chi connectivity index (χ4v) is 3.71. The van der Waals surface area contributed by atoms with Gasteiger partial charge in [0, 0.05) is 19.3 Å². The van der Waals surface area contributed by atoms with Crippen molar-refractivity contribution in [3.05, 3.63) is 29.6 Å². The highest BCUT2D eigenvalue weighted by molar-refractivity contribution is 5.99. The molecule has 0 saturated carbocycles. The van der Waals surface area contributed by atoms with Crippen LogP contribution < -0.4 is 10.6 Å². The minimum atomic E-state index is -0.639. The Morgan fingerprint density at radius 2 is 1.82 bits per heavy atom. The van der Waals surface area contributed by atoms with Crippen LogP contribution in [0.15, 0.2) is 23.0 Å².